The van der Waals surface area contributed by atoms with Gasteiger partial charge in [0.2, 0.25) is 17.7 Å². The minimum Gasteiger partial charge on any atom is -0.478 e. The quantitative estimate of drug-likeness (QED) is 0.479. The van der Waals surface area contributed by atoms with E-state index in [1.165, 1.54) is 17.0 Å². The van der Waals surface area contributed by atoms with Crippen LogP contribution in [0.1, 0.15) is 45.7 Å². The van der Waals surface area contributed by atoms with Crippen molar-refractivity contribution in [2.75, 3.05) is 57.5 Å². The lowest BCUT2D eigenvalue weighted by molar-refractivity contribution is -0.122. The summed E-state index contributed by atoms with van der Waals surface area (Å²) in [6, 6.07) is 7.87. The average molecular weight is 614 g/mol. The Bertz CT molecular complexity index is 1320. The lowest BCUT2D eigenvalue weighted by Gasteiger charge is -2.48. The highest BCUT2D eigenvalue weighted by atomic mass is 19.1. The maximum atomic E-state index is 14.2. The average Bonchev–Trinajstić information content (AvgIpc) is 2.97. The Labute approximate surface area is 258 Å². The largest absolute Gasteiger partial charge is 0.478 e. The lowest BCUT2D eigenvalue weighted by Crippen LogP contribution is -2.65. The number of anilines is 1. The molecule has 4 heterocycles. The molecule has 1 aromatic heterocycles. The number of hydrogen-bond donors (Lipinski definition) is 1. The minimum atomic E-state index is -0.947. The standard InChI is InChI=1S/C32H44FN5O6/c1-6-43-30-25(11-24-7-9-26(33)10-8-24)12-28-31(34-30)44-19-23(5)38(28)29(39)16-35-13-20(2)37(32(40)41)15-27(35)14-36-21(3)17-42-18-22(36)4/h7-10,12,20-23,27H,6,11,13-19H2,1-5H3,(H,40,41)/t20-,21-,22-,23?,27+/m1/s1. The molecule has 1 N–H and O–H groups in total. The number of carboxylic acid groups (broad SMARTS) is 1. The van der Waals surface area contributed by atoms with Crippen LogP contribution in [0, 0.1) is 5.82 Å². The number of ether oxygens (including phenoxy) is 3. The summed E-state index contributed by atoms with van der Waals surface area (Å²) in [6.07, 6.45) is -0.504. The van der Waals surface area contributed by atoms with Crippen LogP contribution in [0.2, 0.25) is 0 Å². The van der Waals surface area contributed by atoms with Crippen LogP contribution in [0.15, 0.2) is 30.3 Å². The summed E-state index contributed by atoms with van der Waals surface area (Å²) in [5.74, 6) is 0.338. The zero-order valence-electron chi connectivity index (χ0n) is 26.2. The van der Waals surface area contributed by atoms with E-state index in [0.717, 1.165) is 11.1 Å². The van der Waals surface area contributed by atoms with Crippen molar-refractivity contribution in [3.63, 3.8) is 0 Å². The molecule has 0 bridgehead atoms. The van der Waals surface area contributed by atoms with Crippen LogP contribution < -0.4 is 14.4 Å². The summed E-state index contributed by atoms with van der Waals surface area (Å²) in [5, 5.41) is 9.91. The molecule has 0 saturated carbocycles. The van der Waals surface area contributed by atoms with Gasteiger partial charge in [0, 0.05) is 55.8 Å². The summed E-state index contributed by atoms with van der Waals surface area (Å²) in [6.45, 7) is 13.4. The van der Waals surface area contributed by atoms with Crippen molar-refractivity contribution >= 4 is 17.7 Å². The molecule has 0 radical (unpaired) electrons. The Morgan fingerprint density at radius 3 is 2.39 bits per heavy atom. The molecule has 3 aliphatic heterocycles. The van der Waals surface area contributed by atoms with Crippen molar-refractivity contribution < 1.29 is 33.3 Å². The molecule has 44 heavy (non-hydrogen) atoms. The number of carbonyl (C=O) groups excluding carboxylic acids is 1. The molecule has 11 nitrogen and oxygen atoms in total. The molecule has 1 aromatic carbocycles. The van der Waals surface area contributed by atoms with Crippen LogP contribution in [-0.4, -0.2) is 120 Å². The SMILES string of the molecule is CCOc1nc2c(cc1Cc1ccc(F)cc1)N(C(=O)CN1C[C@@H](C)N(C(=O)O)C[C@@H]1CN1[C@H](C)COC[C@H]1C)C(C)CO2. The number of rotatable bonds is 8. The first-order chi connectivity index (χ1) is 21.0. The molecule has 5 atom stereocenters. The zero-order valence-corrected chi connectivity index (χ0v) is 26.2. The van der Waals surface area contributed by atoms with E-state index >= 15 is 0 Å². The van der Waals surface area contributed by atoms with Gasteiger partial charge < -0.3 is 29.1 Å². The van der Waals surface area contributed by atoms with Crippen LogP contribution in [0.3, 0.4) is 0 Å². The number of halogens is 1. The highest BCUT2D eigenvalue weighted by molar-refractivity contribution is 5.97. The van der Waals surface area contributed by atoms with Crippen molar-refractivity contribution in [1.82, 2.24) is 19.7 Å². The Morgan fingerprint density at radius 2 is 1.73 bits per heavy atom. The van der Waals surface area contributed by atoms with E-state index in [2.05, 4.69) is 28.6 Å². The number of fused-ring (bicyclic) bond motifs is 1. The number of morpholine rings is 1. The van der Waals surface area contributed by atoms with Gasteiger partial charge in [-0.15, -0.1) is 0 Å². The Kier molecular flexibility index (Phi) is 9.91. The molecule has 2 aromatic rings. The van der Waals surface area contributed by atoms with E-state index in [1.807, 2.05) is 26.8 Å². The maximum Gasteiger partial charge on any atom is 0.407 e. The van der Waals surface area contributed by atoms with Gasteiger partial charge in [-0.1, -0.05) is 12.1 Å². The fraction of sp³-hybridized carbons (Fsp3) is 0.594. The summed E-state index contributed by atoms with van der Waals surface area (Å²) in [4.78, 5) is 38.7. The summed E-state index contributed by atoms with van der Waals surface area (Å²) in [5.41, 5.74) is 2.22. The highest BCUT2D eigenvalue weighted by Gasteiger charge is 2.40. The van der Waals surface area contributed by atoms with Gasteiger partial charge >= 0.3 is 6.09 Å². The maximum absolute atomic E-state index is 14.2. The molecule has 240 valence electrons. The second-order valence-electron chi connectivity index (χ2n) is 12.2. The third-order valence-corrected chi connectivity index (χ3v) is 8.84. The first-order valence-electron chi connectivity index (χ1n) is 15.5. The number of benzene rings is 1. The van der Waals surface area contributed by atoms with Crippen molar-refractivity contribution in [1.29, 1.82) is 0 Å². The third-order valence-electron chi connectivity index (χ3n) is 8.84. The number of aromatic nitrogens is 1. The second kappa shape index (κ2) is 13.7. The third kappa shape index (κ3) is 6.92. The van der Waals surface area contributed by atoms with Gasteiger partial charge in [-0.3, -0.25) is 14.6 Å². The monoisotopic (exact) mass is 613 g/mol. The molecular weight excluding hydrogens is 569 g/mol. The Morgan fingerprint density at radius 1 is 1.02 bits per heavy atom. The Hall–Kier alpha value is -3.48. The van der Waals surface area contributed by atoms with E-state index in [4.69, 9.17) is 14.2 Å². The van der Waals surface area contributed by atoms with Gasteiger partial charge in [0.1, 0.15) is 18.1 Å². The first-order valence-corrected chi connectivity index (χ1v) is 15.5. The van der Waals surface area contributed by atoms with Crippen LogP contribution in [0.4, 0.5) is 14.9 Å². The summed E-state index contributed by atoms with van der Waals surface area (Å²) in [7, 11) is 0. The highest BCUT2D eigenvalue weighted by Crippen LogP contribution is 2.37. The number of carbonyl (C=O) groups is 2. The van der Waals surface area contributed by atoms with E-state index in [-0.39, 0.29) is 55.1 Å². The first kappa shape index (κ1) is 31.9. The molecule has 2 fully saturated rings. The van der Waals surface area contributed by atoms with Gasteiger partial charge in [-0.05, 0) is 58.4 Å². The molecule has 2 saturated heterocycles. The fourth-order valence-electron chi connectivity index (χ4n) is 6.52. The van der Waals surface area contributed by atoms with Gasteiger partial charge in [-0.2, -0.15) is 4.98 Å². The minimum absolute atomic E-state index is 0.107. The van der Waals surface area contributed by atoms with Crippen molar-refractivity contribution in [3.05, 3.63) is 47.3 Å². The molecular formula is C32H44FN5O6. The molecule has 0 aliphatic carbocycles. The predicted molar refractivity (Wildman–Crippen MR) is 163 cm³/mol. The number of nitrogens with zero attached hydrogens (tertiary/aromatic N) is 5. The van der Waals surface area contributed by atoms with Crippen LogP contribution in [0.25, 0.3) is 0 Å². The van der Waals surface area contributed by atoms with Gasteiger partial charge in [0.25, 0.3) is 0 Å². The number of piperazine rings is 1. The van der Waals surface area contributed by atoms with Crippen molar-refractivity contribution in [2.24, 2.45) is 0 Å². The van der Waals surface area contributed by atoms with E-state index in [1.54, 1.807) is 17.0 Å². The number of amides is 2. The zero-order chi connectivity index (χ0) is 31.5. The summed E-state index contributed by atoms with van der Waals surface area (Å²) >= 11 is 0. The van der Waals surface area contributed by atoms with Crippen molar-refractivity contribution in [2.45, 2.75) is 71.2 Å². The van der Waals surface area contributed by atoms with Gasteiger partial charge in [-0.25, -0.2) is 9.18 Å². The fourth-order valence-corrected chi connectivity index (χ4v) is 6.52. The van der Waals surface area contributed by atoms with E-state index in [9.17, 15) is 19.1 Å². The van der Waals surface area contributed by atoms with E-state index in [0.29, 0.717) is 63.3 Å². The molecule has 2 amide bonds. The number of hydrogen-bond acceptors (Lipinski definition) is 8. The molecule has 0 spiro atoms. The molecule has 5 rings (SSSR count). The van der Waals surface area contributed by atoms with Crippen LogP contribution in [-0.2, 0) is 16.0 Å². The molecule has 3 aliphatic rings. The predicted octanol–water partition coefficient (Wildman–Crippen LogP) is 3.49. The molecule has 1 unspecified atom stereocenters. The van der Waals surface area contributed by atoms with Crippen LogP contribution >= 0.6 is 0 Å². The smallest absolute Gasteiger partial charge is 0.407 e. The topological polar surface area (TPSA) is 108 Å². The van der Waals surface area contributed by atoms with Crippen LogP contribution in [0.5, 0.6) is 11.8 Å². The van der Waals surface area contributed by atoms with Crippen molar-refractivity contribution in [3.8, 4) is 11.8 Å². The Balaban J connectivity index is 1.42. The summed E-state index contributed by atoms with van der Waals surface area (Å²) < 4.78 is 31.1. The van der Waals surface area contributed by atoms with Gasteiger partial charge in [0.15, 0.2) is 0 Å². The molecule has 12 heteroatoms. The number of pyridine rings is 1. The van der Waals surface area contributed by atoms with E-state index < -0.39 is 6.09 Å². The normalized spacial score (nSPS) is 26.2. The lowest BCUT2D eigenvalue weighted by atomic mass is 10.0. The second-order valence-corrected chi connectivity index (χ2v) is 12.2. The van der Waals surface area contributed by atoms with Gasteiger partial charge in [0.05, 0.1) is 32.4 Å².